The molecule has 2 aliphatic heterocycles. The van der Waals surface area contributed by atoms with Crippen LogP contribution in [0.1, 0.15) is 39.0 Å². The molecule has 118 valence electrons. The minimum absolute atomic E-state index is 0.0829. The van der Waals surface area contributed by atoms with Crippen LogP contribution in [0.15, 0.2) is 11.0 Å². The van der Waals surface area contributed by atoms with Gasteiger partial charge in [0.15, 0.2) is 5.79 Å². The van der Waals surface area contributed by atoms with Crippen LogP contribution in [0, 0.1) is 11.8 Å². The molecule has 2 heterocycles. The summed E-state index contributed by atoms with van der Waals surface area (Å²) in [5, 5.41) is 0. The Hall–Kier alpha value is -0.520. The molecule has 1 aliphatic carbocycles. The smallest absolute Gasteiger partial charge is 0.305 e. The van der Waals surface area contributed by atoms with Gasteiger partial charge in [0.25, 0.3) is 0 Å². The van der Waals surface area contributed by atoms with Gasteiger partial charge in [0.2, 0.25) is 0 Å². The Labute approximate surface area is 130 Å². The topological polar surface area (TPSA) is 44.8 Å². The summed E-state index contributed by atoms with van der Waals surface area (Å²) < 4.78 is 16.6. The van der Waals surface area contributed by atoms with Crippen molar-refractivity contribution < 1.29 is 19.0 Å². The number of hydrogen-bond donors (Lipinski definition) is 0. The number of carbonyl (C=O) groups is 1. The minimum Gasteiger partial charge on any atom is -0.466 e. The van der Waals surface area contributed by atoms with Crippen molar-refractivity contribution in [1.82, 2.24) is 0 Å². The number of allylic oxidation sites excluding steroid dienone is 2. The van der Waals surface area contributed by atoms with E-state index in [1.165, 1.54) is 10.7 Å². The Morgan fingerprint density at radius 2 is 2.24 bits per heavy atom. The maximum Gasteiger partial charge on any atom is 0.305 e. The highest BCUT2D eigenvalue weighted by atomic mass is 32.2. The second-order valence-corrected chi connectivity index (χ2v) is 7.09. The zero-order valence-electron chi connectivity index (χ0n) is 12.6. The summed E-state index contributed by atoms with van der Waals surface area (Å²) in [6.45, 7) is 3.80. The standard InChI is InChI=1S/C16H24O4S/c1-2-18-15(17)6-4-3-5-14-13-10-16(19-7-8-20-16)9-12(13)11-21-14/h5,12-13H,2-4,6-11H2,1H3/b14-5+. The van der Waals surface area contributed by atoms with Gasteiger partial charge in [0.1, 0.15) is 0 Å². The highest BCUT2D eigenvalue weighted by Gasteiger charge is 2.52. The first kappa shape index (κ1) is 15.4. The van der Waals surface area contributed by atoms with Crippen molar-refractivity contribution in [3.05, 3.63) is 11.0 Å². The quantitative estimate of drug-likeness (QED) is 0.576. The van der Waals surface area contributed by atoms with E-state index in [1.54, 1.807) is 0 Å². The lowest BCUT2D eigenvalue weighted by Gasteiger charge is -2.22. The summed E-state index contributed by atoms with van der Waals surface area (Å²) in [7, 11) is 0. The number of unbranched alkanes of at least 4 members (excludes halogenated alkanes) is 1. The predicted octanol–water partition coefficient (Wildman–Crippen LogP) is 3.12. The lowest BCUT2D eigenvalue weighted by atomic mass is 9.97. The third-order valence-electron chi connectivity index (χ3n) is 4.55. The third kappa shape index (κ3) is 3.46. The normalized spacial score (nSPS) is 32.0. The lowest BCUT2D eigenvalue weighted by molar-refractivity contribution is -0.153. The van der Waals surface area contributed by atoms with Crippen molar-refractivity contribution in [2.45, 2.75) is 44.8 Å². The molecule has 3 fully saturated rings. The van der Waals surface area contributed by atoms with E-state index in [-0.39, 0.29) is 11.8 Å². The Bertz CT molecular complexity index is 415. The SMILES string of the molecule is CCOC(=O)CCC/C=C1/SCC2CC3(CC12)OCCO3. The van der Waals surface area contributed by atoms with E-state index in [4.69, 9.17) is 14.2 Å². The number of hydrogen-bond acceptors (Lipinski definition) is 5. The summed E-state index contributed by atoms with van der Waals surface area (Å²) >= 11 is 1.98. The van der Waals surface area contributed by atoms with Gasteiger partial charge in [-0.2, -0.15) is 0 Å². The number of esters is 1. The third-order valence-corrected chi connectivity index (χ3v) is 5.95. The molecule has 4 nitrogen and oxygen atoms in total. The van der Waals surface area contributed by atoms with E-state index in [2.05, 4.69) is 6.08 Å². The molecule has 21 heavy (non-hydrogen) atoms. The molecular weight excluding hydrogens is 288 g/mol. The van der Waals surface area contributed by atoms with Crippen LogP contribution in [0.2, 0.25) is 0 Å². The molecule has 0 radical (unpaired) electrons. The van der Waals surface area contributed by atoms with Crippen LogP contribution >= 0.6 is 11.8 Å². The highest BCUT2D eigenvalue weighted by molar-refractivity contribution is 8.03. The van der Waals surface area contributed by atoms with E-state index in [9.17, 15) is 4.79 Å². The Kier molecular flexibility index (Phi) is 4.92. The maximum atomic E-state index is 11.3. The minimum atomic E-state index is -0.277. The van der Waals surface area contributed by atoms with E-state index < -0.39 is 0 Å². The molecule has 1 spiro atoms. The number of carbonyl (C=O) groups excluding carboxylic acids is 1. The van der Waals surface area contributed by atoms with E-state index >= 15 is 0 Å². The van der Waals surface area contributed by atoms with E-state index in [1.807, 2.05) is 18.7 Å². The van der Waals surface area contributed by atoms with Gasteiger partial charge in [-0.25, -0.2) is 0 Å². The molecule has 2 saturated heterocycles. The second-order valence-electron chi connectivity index (χ2n) is 6.00. The van der Waals surface area contributed by atoms with Gasteiger partial charge in [-0.15, -0.1) is 11.8 Å². The molecule has 2 atom stereocenters. The van der Waals surface area contributed by atoms with Gasteiger partial charge in [-0.3, -0.25) is 4.79 Å². The molecule has 3 aliphatic rings. The average molecular weight is 312 g/mol. The summed E-state index contributed by atoms with van der Waals surface area (Å²) in [5.41, 5.74) is 0. The highest BCUT2D eigenvalue weighted by Crippen LogP contribution is 2.55. The van der Waals surface area contributed by atoms with Crippen LogP contribution in [0.25, 0.3) is 0 Å². The molecule has 0 N–H and O–H groups in total. The van der Waals surface area contributed by atoms with Crippen molar-refractivity contribution in [2.24, 2.45) is 11.8 Å². The monoisotopic (exact) mass is 312 g/mol. The summed E-state index contributed by atoms with van der Waals surface area (Å²) in [6, 6.07) is 0. The number of fused-ring (bicyclic) bond motifs is 1. The zero-order valence-corrected chi connectivity index (χ0v) is 13.5. The molecule has 5 heteroatoms. The van der Waals surface area contributed by atoms with Crippen molar-refractivity contribution in [2.75, 3.05) is 25.6 Å². The van der Waals surface area contributed by atoms with Crippen molar-refractivity contribution >= 4 is 17.7 Å². The largest absolute Gasteiger partial charge is 0.466 e. The summed E-state index contributed by atoms with van der Waals surface area (Å²) in [4.78, 5) is 12.8. The predicted molar refractivity (Wildman–Crippen MR) is 81.9 cm³/mol. The fraction of sp³-hybridized carbons (Fsp3) is 0.812. The summed E-state index contributed by atoms with van der Waals surface area (Å²) in [6.07, 6.45) is 6.73. The van der Waals surface area contributed by atoms with Gasteiger partial charge in [-0.05, 0) is 36.5 Å². The first-order chi connectivity index (χ1) is 10.2. The molecule has 3 rings (SSSR count). The molecular formula is C16H24O4S. The van der Waals surface area contributed by atoms with Crippen LogP contribution in [0.5, 0.6) is 0 Å². The van der Waals surface area contributed by atoms with Crippen LogP contribution in [0.4, 0.5) is 0 Å². The molecule has 1 saturated carbocycles. The van der Waals surface area contributed by atoms with Crippen LogP contribution < -0.4 is 0 Å². The number of rotatable bonds is 5. The van der Waals surface area contributed by atoms with Crippen LogP contribution in [0.3, 0.4) is 0 Å². The van der Waals surface area contributed by atoms with Gasteiger partial charge in [-0.1, -0.05) is 6.08 Å². The number of thioether (sulfide) groups is 1. The Morgan fingerprint density at radius 3 is 3.00 bits per heavy atom. The molecule has 0 bridgehead atoms. The van der Waals surface area contributed by atoms with Gasteiger partial charge >= 0.3 is 5.97 Å². The van der Waals surface area contributed by atoms with Crippen molar-refractivity contribution in [3.63, 3.8) is 0 Å². The molecule has 0 amide bonds. The maximum absolute atomic E-state index is 11.3. The van der Waals surface area contributed by atoms with Gasteiger partial charge < -0.3 is 14.2 Å². The lowest BCUT2D eigenvalue weighted by Crippen LogP contribution is -2.26. The van der Waals surface area contributed by atoms with E-state index in [0.717, 1.165) is 38.9 Å². The van der Waals surface area contributed by atoms with Crippen LogP contribution in [-0.2, 0) is 19.0 Å². The molecule has 0 aromatic rings. The molecule has 0 aromatic carbocycles. The Morgan fingerprint density at radius 1 is 1.43 bits per heavy atom. The average Bonchev–Trinajstić information content (AvgIpc) is 3.14. The fourth-order valence-corrected chi connectivity index (χ4v) is 5.09. The summed E-state index contributed by atoms with van der Waals surface area (Å²) in [5.74, 6) is 2.13. The Balaban J connectivity index is 1.48. The second kappa shape index (κ2) is 6.71. The van der Waals surface area contributed by atoms with Gasteiger partial charge in [0, 0.05) is 25.0 Å². The first-order valence-electron chi connectivity index (χ1n) is 7.99. The number of ether oxygens (including phenoxy) is 3. The van der Waals surface area contributed by atoms with E-state index in [0.29, 0.717) is 24.9 Å². The molecule has 2 unspecified atom stereocenters. The van der Waals surface area contributed by atoms with Gasteiger partial charge in [0.05, 0.1) is 19.8 Å². The zero-order chi connectivity index (χ0) is 14.7. The first-order valence-corrected chi connectivity index (χ1v) is 8.97. The van der Waals surface area contributed by atoms with Crippen molar-refractivity contribution in [1.29, 1.82) is 0 Å². The van der Waals surface area contributed by atoms with Crippen LogP contribution in [-0.4, -0.2) is 37.3 Å². The van der Waals surface area contributed by atoms with Crippen molar-refractivity contribution in [3.8, 4) is 0 Å². The molecule has 0 aromatic heterocycles. The fourth-order valence-electron chi connectivity index (χ4n) is 3.61.